The molecule has 1 fully saturated rings. The quantitative estimate of drug-likeness (QED) is 0.753. The summed E-state index contributed by atoms with van der Waals surface area (Å²) in [6.45, 7) is 11.4. The van der Waals surface area contributed by atoms with Crippen molar-refractivity contribution in [2.45, 2.75) is 33.2 Å². The van der Waals surface area contributed by atoms with E-state index in [2.05, 4.69) is 29.7 Å². The number of hydrogen-bond donors (Lipinski definition) is 0. The summed E-state index contributed by atoms with van der Waals surface area (Å²) in [6, 6.07) is 10.5. The highest BCUT2D eigenvalue weighted by Gasteiger charge is 2.20. The smallest absolute Gasteiger partial charge is 0.254 e. The normalized spacial score (nSPS) is 15.4. The Morgan fingerprint density at radius 2 is 1.83 bits per heavy atom. The van der Waals surface area contributed by atoms with E-state index in [1.54, 1.807) is 4.90 Å². The van der Waals surface area contributed by atoms with Gasteiger partial charge in [0.1, 0.15) is 6.54 Å². The molecule has 0 aliphatic carbocycles. The Balaban J connectivity index is 2.00. The van der Waals surface area contributed by atoms with Gasteiger partial charge in [0.25, 0.3) is 5.91 Å². The second-order valence-electron chi connectivity index (χ2n) is 6.55. The summed E-state index contributed by atoms with van der Waals surface area (Å²) in [4.78, 5) is 18.9. The molecule has 5 heteroatoms. The van der Waals surface area contributed by atoms with E-state index in [0.29, 0.717) is 18.2 Å². The first kappa shape index (κ1) is 18.3. The maximum atomic E-state index is 12.5. The van der Waals surface area contributed by atoms with Gasteiger partial charge in [-0.15, -0.1) is 0 Å². The molecule has 0 saturated carbocycles. The molecule has 0 N–H and O–H groups in total. The Kier molecular flexibility index (Phi) is 6.62. The lowest BCUT2D eigenvalue weighted by Gasteiger charge is -2.38. The van der Waals surface area contributed by atoms with E-state index in [-0.39, 0.29) is 12.5 Å². The minimum Gasteiger partial charge on any atom is -0.369 e. The van der Waals surface area contributed by atoms with E-state index in [1.807, 2.05) is 31.2 Å². The van der Waals surface area contributed by atoms with Crippen LogP contribution in [0.1, 0.15) is 37.6 Å². The monoisotopic (exact) mass is 328 g/mol. The highest BCUT2D eigenvalue weighted by Crippen LogP contribution is 2.19. The number of nitrogens with zero attached hydrogens (tertiary/aromatic N) is 4. The lowest BCUT2D eigenvalue weighted by molar-refractivity contribution is 0.0776. The average molecular weight is 328 g/mol. The fraction of sp³-hybridized carbons (Fsp3) is 0.579. The molecule has 1 aromatic carbocycles. The molecule has 1 aliphatic heterocycles. The molecule has 1 heterocycles. The zero-order valence-electron chi connectivity index (χ0n) is 15.0. The van der Waals surface area contributed by atoms with Crippen LogP contribution in [0.15, 0.2) is 24.3 Å². The number of carbonyl (C=O) groups is 1. The topological polar surface area (TPSA) is 50.6 Å². The maximum absolute atomic E-state index is 12.5. The van der Waals surface area contributed by atoms with E-state index in [0.717, 1.165) is 38.3 Å². The van der Waals surface area contributed by atoms with Crippen LogP contribution in [-0.4, -0.2) is 61.0 Å². The lowest BCUT2D eigenvalue weighted by Crippen LogP contribution is -2.48. The van der Waals surface area contributed by atoms with Crippen LogP contribution in [0.2, 0.25) is 0 Å². The molecule has 1 amide bonds. The largest absolute Gasteiger partial charge is 0.369 e. The van der Waals surface area contributed by atoms with Gasteiger partial charge in [0.2, 0.25) is 0 Å². The summed E-state index contributed by atoms with van der Waals surface area (Å²) >= 11 is 0. The lowest BCUT2D eigenvalue weighted by atomic mass is 10.1. The number of rotatable bonds is 6. The fourth-order valence-electron chi connectivity index (χ4n) is 3.10. The molecule has 24 heavy (non-hydrogen) atoms. The molecule has 0 spiro atoms. The molecule has 0 radical (unpaired) electrons. The first-order valence-corrected chi connectivity index (χ1v) is 8.82. The Morgan fingerprint density at radius 3 is 2.33 bits per heavy atom. The molecule has 0 aromatic heterocycles. The predicted molar refractivity (Wildman–Crippen MR) is 97.2 cm³/mol. The summed E-state index contributed by atoms with van der Waals surface area (Å²) in [5.74, 6) is -0.0606. The van der Waals surface area contributed by atoms with Crippen LogP contribution in [0.5, 0.6) is 0 Å². The second-order valence-corrected chi connectivity index (χ2v) is 6.55. The van der Waals surface area contributed by atoms with Crippen molar-refractivity contribution in [2.24, 2.45) is 0 Å². The van der Waals surface area contributed by atoms with Crippen molar-refractivity contribution in [3.05, 3.63) is 29.8 Å². The van der Waals surface area contributed by atoms with Crippen molar-refractivity contribution in [1.82, 2.24) is 9.80 Å². The third kappa shape index (κ3) is 4.48. The first-order valence-electron chi connectivity index (χ1n) is 8.82. The highest BCUT2D eigenvalue weighted by molar-refractivity contribution is 5.94. The van der Waals surface area contributed by atoms with Crippen molar-refractivity contribution in [3.8, 4) is 6.07 Å². The first-order chi connectivity index (χ1) is 11.6. The van der Waals surface area contributed by atoms with Gasteiger partial charge in [-0.05, 0) is 44.5 Å². The molecular weight excluding hydrogens is 300 g/mol. The van der Waals surface area contributed by atoms with Gasteiger partial charge in [-0.2, -0.15) is 5.26 Å². The number of hydrogen-bond acceptors (Lipinski definition) is 4. The average Bonchev–Trinajstić information content (AvgIpc) is 2.61. The molecule has 1 saturated heterocycles. The number of anilines is 1. The van der Waals surface area contributed by atoms with Gasteiger partial charge in [-0.25, -0.2) is 0 Å². The molecule has 0 unspecified atom stereocenters. The molecule has 130 valence electrons. The minimum atomic E-state index is -0.0606. The van der Waals surface area contributed by atoms with Crippen LogP contribution < -0.4 is 4.90 Å². The van der Waals surface area contributed by atoms with Crippen LogP contribution in [0.3, 0.4) is 0 Å². The molecule has 5 nitrogen and oxygen atoms in total. The zero-order chi connectivity index (χ0) is 17.5. The Morgan fingerprint density at radius 1 is 1.21 bits per heavy atom. The van der Waals surface area contributed by atoms with Gasteiger partial charge in [-0.3, -0.25) is 9.69 Å². The van der Waals surface area contributed by atoms with Crippen molar-refractivity contribution >= 4 is 11.6 Å². The molecular formula is C19H28N4O. The summed E-state index contributed by atoms with van der Waals surface area (Å²) in [5, 5.41) is 8.88. The predicted octanol–water partition coefficient (Wildman–Crippen LogP) is 2.59. The van der Waals surface area contributed by atoms with Crippen LogP contribution >= 0.6 is 0 Å². The van der Waals surface area contributed by atoms with E-state index in [9.17, 15) is 4.79 Å². The summed E-state index contributed by atoms with van der Waals surface area (Å²) in [7, 11) is 0. The van der Waals surface area contributed by atoms with Crippen LogP contribution in [0.4, 0.5) is 5.69 Å². The Labute approximate surface area is 145 Å². The summed E-state index contributed by atoms with van der Waals surface area (Å²) < 4.78 is 0. The van der Waals surface area contributed by atoms with E-state index < -0.39 is 0 Å². The van der Waals surface area contributed by atoms with Gasteiger partial charge in [0.15, 0.2) is 0 Å². The third-order valence-electron chi connectivity index (χ3n) is 4.57. The van der Waals surface area contributed by atoms with E-state index >= 15 is 0 Å². The standard InChI is InChI=1S/C19H28N4O/c1-4-10-23(11-9-20)19(24)17-5-7-18(8-6-17)22-14-12-21(13-15-22)16(2)3/h5-8,16H,4,10-15H2,1-3H3. The van der Waals surface area contributed by atoms with E-state index in [1.165, 1.54) is 0 Å². The zero-order valence-corrected chi connectivity index (χ0v) is 15.0. The molecule has 0 bridgehead atoms. The number of carbonyl (C=O) groups excluding carboxylic acids is 1. The van der Waals surface area contributed by atoms with Crippen molar-refractivity contribution < 1.29 is 4.79 Å². The molecule has 2 rings (SSSR count). The van der Waals surface area contributed by atoms with Crippen molar-refractivity contribution in [1.29, 1.82) is 5.26 Å². The number of piperazine rings is 1. The molecule has 1 aromatic rings. The van der Waals surface area contributed by atoms with Gasteiger partial charge < -0.3 is 9.80 Å². The van der Waals surface area contributed by atoms with Crippen LogP contribution in [0, 0.1) is 11.3 Å². The molecule has 0 atom stereocenters. The fourth-order valence-corrected chi connectivity index (χ4v) is 3.10. The van der Waals surface area contributed by atoms with E-state index in [4.69, 9.17) is 5.26 Å². The van der Waals surface area contributed by atoms with Gasteiger partial charge >= 0.3 is 0 Å². The van der Waals surface area contributed by atoms with Crippen molar-refractivity contribution in [2.75, 3.05) is 44.2 Å². The number of benzene rings is 1. The van der Waals surface area contributed by atoms with Crippen LogP contribution in [-0.2, 0) is 0 Å². The van der Waals surface area contributed by atoms with Gasteiger partial charge in [0, 0.05) is 50.0 Å². The maximum Gasteiger partial charge on any atom is 0.254 e. The third-order valence-corrected chi connectivity index (χ3v) is 4.57. The summed E-state index contributed by atoms with van der Waals surface area (Å²) in [6.07, 6.45) is 0.853. The SMILES string of the molecule is CCCN(CC#N)C(=O)c1ccc(N2CCN(C(C)C)CC2)cc1. The Hall–Kier alpha value is -2.06. The van der Waals surface area contributed by atoms with Gasteiger partial charge in [-0.1, -0.05) is 6.92 Å². The van der Waals surface area contributed by atoms with Gasteiger partial charge in [0.05, 0.1) is 6.07 Å². The molecule has 1 aliphatic rings. The highest BCUT2D eigenvalue weighted by atomic mass is 16.2. The number of nitriles is 1. The summed E-state index contributed by atoms with van der Waals surface area (Å²) in [5.41, 5.74) is 1.82. The minimum absolute atomic E-state index is 0.0606. The van der Waals surface area contributed by atoms with Crippen molar-refractivity contribution in [3.63, 3.8) is 0 Å². The number of amides is 1. The van der Waals surface area contributed by atoms with Crippen LogP contribution in [0.25, 0.3) is 0 Å². The Bertz CT molecular complexity index is 568. The second kappa shape index (κ2) is 8.70.